The zero-order chi connectivity index (χ0) is 16.0. The number of nitrogens with zero attached hydrogens (tertiary/aromatic N) is 2. The summed E-state index contributed by atoms with van der Waals surface area (Å²) >= 11 is 11.7. The first kappa shape index (κ1) is 18.2. The number of carbonyl (C=O) groups excluding carboxylic acids is 1. The largest absolute Gasteiger partial charge is 0.327 e. The van der Waals surface area contributed by atoms with Crippen LogP contribution in [0.5, 0.6) is 0 Å². The van der Waals surface area contributed by atoms with Crippen LogP contribution in [0.3, 0.4) is 0 Å². The molecule has 1 aromatic heterocycles. The van der Waals surface area contributed by atoms with Crippen LogP contribution in [0.1, 0.15) is 20.3 Å². The van der Waals surface area contributed by atoms with Crippen molar-refractivity contribution >= 4 is 34.9 Å². The summed E-state index contributed by atoms with van der Waals surface area (Å²) in [7, 11) is 1.88. The first-order chi connectivity index (χ1) is 9.79. The Morgan fingerprint density at radius 2 is 2.14 bits per heavy atom. The predicted molar refractivity (Wildman–Crippen MR) is 87.8 cm³/mol. The third-order valence-electron chi connectivity index (χ3n) is 3.18. The van der Waals surface area contributed by atoms with Gasteiger partial charge in [0.15, 0.2) is 5.82 Å². The van der Waals surface area contributed by atoms with Crippen LogP contribution in [0.25, 0.3) is 0 Å². The maximum atomic E-state index is 11.9. The van der Waals surface area contributed by atoms with Crippen molar-refractivity contribution in [3.05, 3.63) is 22.3 Å². The smallest absolute Gasteiger partial charge is 0.239 e. The highest BCUT2D eigenvalue weighted by atomic mass is 35.5. The lowest BCUT2D eigenvalue weighted by atomic mass is 10.0. The fraction of sp³-hybridized carbons (Fsp3) is 0.571. The molecule has 0 aliphatic rings. The molecule has 0 bridgehead atoms. The van der Waals surface area contributed by atoms with E-state index in [4.69, 9.17) is 28.9 Å². The second kappa shape index (κ2) is 8.54. The third kappa shape index (κ3) is 6.61. The molecule has 1 amide bonds. The van der Waals surface area contributed by atoms with E-state index < -0.39 is 0 Å². The summed E-state index contributed by atoms with van der Waals surface area (Å²) < 4.78 is 0. The van der Waals surface area contributed by atoms with Gasteiger partial charge in [-0.05, 0) is 32.0 Å². The average molecular weight is 333 g/mol. The minimum absolute atomic E-state index is 0.142. The molecule has 0 spiro atoms. The van der Waals surface area contributed by atoms with Gasteiger partial charge in [0.2, 0.25) is 5.91 Å². The van der Waals surface area contributed by atoms with Crippen molar-refractivity contribution in [1.82, 2.24) is 9.88 Å². The molecule has 1 unspecified atom stereocenters. The van der Waals surface area contributed by atoms with Gasteiger partial charge in [0.1, 0.15) is 0 Å². The fourth-order valence-electron chi connectivity index (χ4n) is 1.71. The number of hydrogen-bond acceptors (Lipinski definition) is 4. The molecule has 0 aliphatic carbocycles. The van der Waals surface area contributed by atoms with E-state index in [9.17, 15) is 4.79 Å². The molecule has 21 heavy (non-hydrogen) atoms. The van der Waals surface area contributed by atoms with Crippen molar-refractivity contribution < 1.29 is 4.79 Å². The summed E-state index contributed by atoms with van der Waals surface area (Å²) in [6, 6.07) is 1.68. The predicted octanol–water partition coefficient (Wildman–Crippen LogP) is 2.63. The van der Waals surface area contributed by atoms with Crippen molar-refractivity contribution in [3.63, 3.8) is 0 Å². The van der Waals surface area contributed by atoms with Gasteiger partial charge in [-0.3, -0.25) is 9.69 Å². The zero-order valence-corrected chi connectivity index (χ0v) is 14.1. The molecule has 1 atom stereocenters. The van der Waals surface area contributed by atoms with Crippen molar-refractivity contribution in [2.75, 3.05) is 25.5 Å². The number of nitrogens with one attached hydrogen (secondary N) is 1. The molecule has 0 fully saturated rings. The molecule has 0 saturated heterocycles. The van der Waals surface area contributed by atoms with Gasteiger partial charge in [-0.1, -0.05) is 37.0 Å². The fourth-order valence-corrected chi connectivity index (χ4v) is 2.13. The van der Waals surface area contributed by atoms with Crippen LogP contribution in [-0.4, -0.2) is 42.0 Å². The molecule has 7 heteroatoms. The number of carbonyl (C=O) groups is 1. The van der Waals surface area contributed by atoms with Crippen LogP contribution < -0.4 is 11.1 Å². The Morgan fingerprint density at radius 3 is 2.71 bits per heavy atom. The van der Waals surface area contributed by atoms with Crippen molar-refractivity contribution in [1.29, 1.82) is 0 Å². The number of pyridine rings is 1. The number of amides is 1. The quantitative estimate of drug-likeness (QED) is 0.805. The standard InChI is InChI=1S/C14H22Cl2N4O/c1-9(2)12(17)4-5-20(3)8-13(21)19-14-11(16)6-10(15)7-18-14/h6-7,9,12H,4-5,8,17H2,1-3H3,(H,18,19,21). The third-order valence-corrected chi connectivity index (χ3v) is 3.67. The van der Waals surface area contributed by atoms with Crippen LogP contribution in [-0.2, 0) is 4.79 Å². The van der Waals surface area contributed by atoms with E-state index in [0.29, 0.717) is 21.8 Å². The Bertz CT molecular complexity index is 482. The van der Waals surface area contributed by atoms with Gasteiger partial charge in [-0.25, -0.2) is 4.98 Å². The highest BCUT2D eigenvalue weighted by Crippen LogP contribution is 2.22. The van der Waals surface area contributed by atoms with Gasteiger partial charge < -0.3 is 11.1 Å². The van der Waals surface area contributed by atoms with Crippen molar-refractivity contribution in [2.24, 2.45) is 11.7 Å². The van der Waals surface area contributed by atoms with Gasteiger partial charge in [-0.15, -0.1) is 0 Å². The molecule has 118 valence electrons. The SMILES string of the molecule is CC(C)C(N)CCN(C)CC(=O)Nc1ncc(Cl)cc1Cl. The van der Waals surface area contributed by atoms with E-state index >= 15 is 0 Å². The van der Waals surface area contributed by atoms with E-state index in [0.717, 1.165) is 13.0 Å². The zero-order valence-electron chi connectivity index (χ0n) is 12.6. The summed E-state index contributed by atoms with van der Waals surface area (Å²) in [5.74, 6) is 0.579. The van der Waals surface area contributed by atoms with Gasteiger partial charge in [0.25, 0.3) is 0 Å². The maximum absolute atomic E-state index is 11.9. The van der Waals surface area contributed by atoms with Crippen molar-refractivity contribution in [3.8, 4) is 0 Å². The average Bonchev–Trinajstić information content (AvgIpc) is 2.39. The van der Waals surface area contributed by atoms with Crippen LogP contribution >= 0.6 is 23.2 Å². The Kier molecular flexibility index (Phi) is 7.39. The lowest BCUT2D eigenvalue weighted by Gasteiger charge is -2.20. The topological polar surface area (TPSA) is 71.2 Å². The molecule has 0 radical (unpaired) electrons. The molecule has 0 saturated carbocycles. The van der Waals surface area contributed by atoms with Gasteiger partial charge in [0.05, 0.1) is 16.6 Å². The molecule has 0 aromatic carbocycles. The number of anilines is 1. The molecule has 0 aliphatic heterocycles. The van der Waals surface area contributed by atoms with Crippen LogP contribution in [0, 0.1) is 5.92 Å². The number of halogens is 2. The molecule has 1 rings (SSSR count). The lowest BCUT2D eigenvalue weighted by Crippen LogP contribution is -2.35. The number of likely N-dealkylation sites (N-methyl/N-ethyl adjacent to an activating group) is 1. The Labute approximate surface area is 135 Å². The normalized spacial score (nSPS) is 12.8. The molecule has 1 heterocycles. The first-order valence-electron chi connectivity index (χ1n) is 6.84. The van der Waals surface area contributed by atoms with E-state index in [2.05, 4.69) is 24.1 Å². The number of hydrogen-bond donors (Lipinski definition) is 2. The maximum Gasteiger partial charge on any atom is 0.239 e. The molecule has 1 aromatic rings. The Morgan fingerprint density at radius 1 is 1.48 bits per heavy atom. The van der Waals surface area contributed by atoms with Crippen LogP contribution in [0.2, 0.25) is 10.0 Å². The Balaban J connectivity index is 2.42. The number of nitrogens with two attached hydrogens (primary N) is 1. The summed E-state index contributed by atoms with van der Waals surface area (Å²) in [6.45, 7) is 5.19. The molecular formula is C14H22Cl2N4O. The molecule has 3 N–H and O–H groups in total. The van der Waals surface area contributed by atoms with E-state index in [1.165, 1.54) is 12.3 Å². The highest BCUT2D eigenvalue weighted by Gasteiger charge is 2.12. The minimum Gasteiger partial charge on any atom is -0.327 e. The van der Waals surface area contributed by atoms with Gasteiger partial charge in [0, 0.05) is 12.2 Å². The number of rotatable bonds is 7. The van der Waals surface area contributed by atoms with E-state index in [1.807, 2.05) is 11.9 Å². The lowest BCUT2D eigenvalue weighted by molar-refractivity contribution is -0.117. The highest BCUT2D eigenvalue weighted by molar-refractivity contribution is 6.36. The summed E-state index contributed by atoms with van der Waals surface area (Å²) in [5, 5.41) is 3.41. The summed E-state index contributed by atoms with van der Waals surface area (Å²) in [4.78, 5) is 17.8. The number of aromatic nitrogens is 1. The van der Waals surface area contributed by atoms with E-state index in [-0.39, 0.29) is 18.5 Å². The molecular weight excluding hydrogens is 311 g/mol. The monoisotopic (exact) mass is 332 g/mol. The van der Waals surface area contributed by atoms with Gasteiger partial charge in [-0.2, -0.15) is 0 Å². The Hall–Kier alpha value is -0.880. The summed E-state index contributed by atoms with van der Waals surface area (Å²) in [5.41, 5.74) is 5.99. The van der Waals surface area contributed by atoms with Crippen LogP contribution in [0.4, 0.5) is 5.82 Å². The molecule has 5 nitrogen and oxygen atoms in total. The van der Waals surface area contributed by atoms with Crippen LogP contribution in [0.15, 0.2) is 12.3 Å². The van der Waals surface area contributed by atoms with Crippen molar-refractivity contribution in [2.45, 2.75) is 26.3 Å². The first-order valence-corrected chi connectivity index (χ1v) is 7.60. The summed E-state index contributed by atoms with van der Waals surface area (Å²) in [6.07, 6.45) is 2.29. The van der Waals surface area contributed by atoms with E-state index in [1.54, 1.807) is 0 Å². The van der Waals surface area contributed by atoms with Gasteiger partial charge >= 0.3 is 0 Å². The minimum atomic E-state index is -0.174. The second-order valence-corrected chi connectivity index (χ2v) is 6.31. The second-order valence-electron chi connectivity index (χ2n) is 5.47.